The summed E-state index contributed by atoms with van der Waals surface area (Å²) in [6.07, 6.45) is 0. The first-order chi connectivity index (χ1) is 5.96. The van der Waals surface area contributed by atoms with Crippen LogP contribution in [-0.2, 0) is 10.1 Å². The van der Waals surface area contributed by atoms with Gasteiger partial charge in [-0.3, -0.25) is 4.55 Å². The van der Waals surface area contributed by atoms with Crippen molar-refractivity contribution in [3.05, 3.63) is 18.2 Å². The normalized spacial score (nSPS) is 9.73. The second kappa shape index (κ2) is 7.07. The molecule has 0 aliphatic rings. The first-order valence-electron chi connectivity index (χ1n) is 3.30. The predicted octanol–water partition coefficient (Wildman–Crippen LogP) is -5.34. The maximum Gasteiger partial charge on any atom is 1.00 e. The van der Waals surface area contributed by atoms with Crippen LogP contribution in [0.5, 0.6) is 11.5 Å². The van der Waals surface area contributed by atoms with Crippen LogP contribution in [0.2, 0.25) is 0 Å². The maximum atomic E-state index is 10.7. The van der Waals surface area contributed by atoms with E-state index in [4.69, 9.17) is 4.55 Å². The molecule has 1 aromatic rings. The largest absolute Gasteiger partial charge is 1.00 e. The van der Waals surface area contributed by atoms with Crippen LogP contribution in [0.1, 0.15) is 0 Å². The fourth-order valence-corrected chi connectivity index (χ4v) is 1.47. The van der Waals surface area contributed by atoms with Crippen LogP contribution < -0.4 is 68.5 Å². The van der Waals surface area contributed by atoms with Crippen molar-refractivity contribution in [2.75, 3.05) is 7.11 Å². The molecule has 80 valence electrons. The summed E-state index contributed by atoms with van der Waals surface area (Å²) in [6.45, 7) is 0. The van der Waals surface area contributed by atoms with Gasteiger partial charge in [0.1, 0.15) is 4.90 Å². The molecule has 0 fully saturated rings. The van der Waals surface area contributed by atoms with E-state index >= 15 is 0 Å². The smallest absolute Gasteiger partial charge is 1.00 e. The van der Waals surface area contributed by atoms with Crippen molar-refractivity contribution in [3.63, 3.8) is 0 Å². The number of ether oxygens (including phenoxy) is 1. The summed E-state index contributed by atoms with van der Waals surface area (Å²) in [5.41, 5.74) is 0. The van der Waals surface area contributed by atoms with E-state index in [0.29, 0.717) is 0 Å². The first-order valence-corrected chi connectivity index (χ1v) is 4.74. The van der Waals surface area contributed by atoms with Crippen molar-refractivity contribution in [1.29, 1.82) is 0 Å². The Labute approximate surface area is 136 Å². The first kappa shape index (κ1) is 18.0. The molecule has 0 spiro atoms. The minimum atomic E-state index is -4.40. The van der Waals surface area contributed by atoms with Crippen LogP contribution in [-0.4, -0.2) is 25.2 Å². The Morgan fingerprint density at radius 3 is 2.27 bits per heavy atom. The standard InChI is InChI=1S/C7H8O5S.ClH.K/c1-12-5-3-2-4-6(7(5)8)13(9,10)11;;/h2-4,8H,1H3,(H,9,10,11);1H;/q;;+1/p-1. The van der Waals surface area contributed by atoms with Crippen LogP contribution in [0.3, 0.4) is 0 Å². The van der Waals surface area contributed by atoms with Gasteiger partial charge in [-0.05, 0) is 12.1 Å². The Morgan fingerprint density at radius 1 is 1.33 bits per heavy atom. The molecule has 0 saturated carbocycles. The zero-order valence-corrected chi connectivity index (χ0v) is 12.8. The van der Waals surface area contributed by atoms with Gasteiger partial charge < -0.3 is 22.3 Å². The third-order valence-electron chi connectivity index (χ3n) is 1.46. The van der Waals surface area contributed by atoms with Gasteiger partial charge in [-0.1, -0.05) is 6.07 Å². The zero-order chi connectivity index (χ0) is 10.1. The van der Waals surface area contributed by atoms with Gasteiger partial charge in [0, 0.05) is 0 Å². The maximum absolute atomic E-state index is 10.7. The van der Waals surface area contributed by atoms with Gasteiger partial charge in [0.05, 0.1) is 7.11 Å². The molecule has 0 saturated heterocycles. The van der Waals surface area contributed by atoms with E-state index < -0.39 is 20.8 Å². The Balaban J connectivity index is 0. The molecule has 0 aliphatic carbocycles. The summed E-state index contributed by atoms with van der Waals surface area (Å²) >= 11 is 0. The van der Waals surface area contributed by atoms with Crippen LogP contribution in [0.25, 0.3) is 0 Å². The summed E-state index contributed by atoms with van der Waals surface area (Å²) in [4.78, 5) is -0.563. The molecule has 0 heterocycles. The number of rotatable bonds is 2. The average Bonchev–Trinajstić information content (AvgIpc) is 2.02. The number of benzene rings is 1. The SMILES string of the molecule is COc1cccc(S(=O)(=O)O)c1O.[Cl-].[K+]. The van der Waals surface area contributed by atoms with Gasteiger partial charge in [0.2, 0.25) is 0 Å². The van der Waals surface area contributed by atoms with Crippen LogP contribution in [0, 0.1) is 0 Å². The van der Waals surface area contributed by atoms with Crippen LogP contribution in [0.15, 0.2) is 23.1 Å². The van der Waals surface area contributed by atoms with E-state index in [2.05, 4.69) is 4.74 Å². The molecule has 0 radical (unpaired) electrons. The average molecular weight is 279 g/mol. The Morgan fingerprint density at radius 2 is 1.87 bits per heavy atom. The van der Waals surface area contributed by atoms with Crippen molar-refractivity contribution in [1.82, 2.24) is 0 Å². The number of phenols is 1. The summed E-state index contributed by atoms with van der Waals surface area (Å²) in [6, 6.07) is 3.80. The Hall–Kier alpha value is 0.656. The van der Waals surface area contributed by atoms with E-state index in [-0.39, 0.29) is 69.5 Å². The van der Waals surface area contributed by atoms with Crippen molar-refractivity contribution >= 4 is 10.1 Å². The van der Waals surface area contributed by atoms with Gasteiger partial charge in [-0.2, -0.15) is 8.42 Å². The number of aromatic hydroxyl groups is 1. The molecule has 8 heteroatoms. The van der Waals surface area contributed by atoms with E-state index in [1.165, 1.54) is 19.2 Å². The molecule has 0 bridgehead atoms. The fraction of sp³-hybridized carbons (Fsp3) is 0.143. The molecule has 15 heavy (non-hydrogen) atoms. The number of hydrogen-bond donors (Lipinski definition) is 2. The minimum absolute atomic E-state index is 0. The molecule has 0 atom stereocenters. The van der Waals surface area contributed by atoms with Crippen LogP contribution >= 0.6 is 0 Å². The quantitative estimate of drug-likeness (QED) is 0.417. The zero-order valence-electron chi connectivity index (χ0n) is 8.14. The van der Waals surface area contributed by atoms with Gasteiger partial charge in [0.15, 0.2) is 11.5 Å². The van der Waals surface area contributed by atoms with Gasteiger partial charge in [0.25, 0.3) is 10.1 Å². The third kappa shape index (κ3) is 4.57. The predicted molar refractivity (Wildman–Crippen MR) is 44.5 cm³/mol. The number of methoxy groups -OCH3 is 1. The molecule has 1 aromatic carbocycles. The van der Waals surface area contributed by atoms with Crippen molar-refractivity contribution in [2.45, 2.75) is 4.90 Å². The second-order valence-electron chi connectivity index (χ2n) is 2.28. The minimum Gasteiger partial charge on any atom is -1.00 e. The molecule has 0 amide bonds. The molecule has 0 aromatic heterocycles. The van der Waals surface area contributed by atoms with E-state index in [1.807, 2.05) is 0 Å². The van der Waals surface area contributed by atoms with Crippen LogP contribution in [0.4, 0.5) is 0 Å². The molecule has 0 aliphatic heterocycles. The van der Waals surface area contributed by atoms with E-state index in [0.717, 1.165) is 6.07 Å². The molecule has 2 N–H and O–H groups in total. The Bertz CT molecular complexity index is 419. The number of halogens is 1. The van der Waals surface area contributed by atoms with Crippen molar-refractivity contribution in [2.24, 2.45) is 0 Å². The van der Waals surface area contributed by atoms with Gasteiger partial charge in [-0.25, -0.2) is 0 Å². The molecular formula is C7H8ClKO5S. The summed E-state index contributed by atoms with van der Waals surface area (Å²) in [5.74, 6) is -0.595. The number of para-hydroxylation sites is 1. The van der Waals surface area contributed by atoms with E-state index in [9.17, 15) is 13.5 Å². The molecule has 0 unspecified atom stereocenters. The number of hydrogen-bond acceptors (Lipinski definition) is 4. The molecule has 5 nitrogen and oxygen atoms in total. The summed E-state index contributed by atoms with van der Waals surface area (Å²) < 4.78 is 34.6. The second-order valence-corrected chi connectivity index (χ2v) is 3.67. The van der Waals surface area contributed by atoms with E-state index in [1.54, 1.807) is 0 Å². The molecule has 1 rings (SSSR count). The topological polar surface area (TPSA) is 83.8 Å². The molecular weight excluding hydrogens is 271 g/mol. The Kier molecular flexibility index (Phi) is 8.50. The fourth-order valence-electron chi connectivity index (χ4n) is 0.875. The summed E-state index contributed by atoms with van der Waals surface area (Å²) in [7, 11) is -3.12. The monoisotopic (exact) mass is 278 g/mol. The summed E-state index contributed by atoms with van der Waals surface area (Å²) in [5, 5.41) is 9.26. The van der Waals surface area contributed by atoms with Crippen molar-refractivity contribution < 1.29 is 86.6 Å². The van der Waals surface area contributed by atoms with Gasteiger partial charge in [-0.15, -0.1) is 0 Å². The number of phenolic OH excluding ortho intramolecular Hbond substituents is 1. The van der Waals surface area contributed by atoms with Crippen molar-refractivity contribution in [3.8, 4) is 11.5 Å². The third-order valence-corrected chi connectivity index (χ3v) is 2.35. The van der Waals surface area contributed by atoms with Gasteiger partial charge >= 0.3 is 51.4 Å².